The molecule has 1 aromatic rings. The van der Waals surface area contributed by atoms with Crippen LogP contribution in [0.4, 0.5) is 0 Å². The molecule has 16 heavy (non-hydrogen) atoms. The van der Waals surface area contributed by atoms with Crippen LogP contribution in [0.2, 0.25) is 0 Å². The zero-order chi connectivity index (χ0) is 12.0. The third kappa shape index (κ3) is 5.13. The smallest absolute Gasteiger partial charge is 0.0175 e. The molecule has 0 spiro atoms. The molecule has 1 aliphatic heterocycles. The first-order chi connectivity index (χ1) is 7.59. The molecule has 1 aliphatic rings. The van der Waals surface area contributed by atoms with Gasteiger partial charge in [-0.3, -0.25) is 0 Å². The summed E-state index contributed by atoms with van der Waals surface area (Å²) < 4.78 is 1.13. The minimum atomic E-state index is 0.759. The maximum Gasteiger partial charge on any atom is 0.0175 e. The molecule has 0 aromatic heterocycles. The Hall–Kier alpha value is -0.340. The molecule has 90 valence electrons. The molecule has 0 bridgehead atoms. The van der Waals surface area contributed by atoms with Gasteiger partial charge in [-0.2, -0.15) is 0 Å². The van der Waals surface area contributed by atoms with Crippen LogP contribution in [0.15, 0.2) is 34.8 Å². The third-order valence-electron chi connectivity index (χ3n) is 2.92. The van der Waals surface area contributed by atoms with E-state index in [2.05, 4.69) is 41.6 Å². The summed E-state index contributed by atoms with van der Waals surface area (Å²) in [4.78, 5) is 2.55. The summed E-state index contributed by atoms with van der Waals surface area (Å²) in [5.74, 6) is 0.937. The minimum absolute atomic E-state index is 0.759. The Kier molecular flexibility index (Phi) is 6.07. The highest BCUT2D eigenvalue weighted by Crippen LogP contribution is 2.16. The van der Waals surface area contributed by atoms with Crippen molar-refractivity contribution in [1.82, 2.24) is 4.90 Å². The van der Waals surface area contributed by atoms with Gasteiger partial charge in [0.1, 0.15) is 0 Å². The second-order valence-corrected chi connectivity index (χ2v) is 5.69. The van der Waals surface area contributed by atoms with Crippen molar-refractivity contribution in [1.29, 1.82) is 0 Å². The Bertz CT molecular complexity index is 284. The molecule has 0 N–H and O–H groups in total. The van der Waals surface area contributed by atoms with Crippen LogP contribution in [-0.4, -0.2) is 24.0 Å². The standard InChI is InChI=1S/C8H17N.C6H5Br/c1-7(2)9-5-4-8(3)6-9;7-6-4-2-1-3-5-6/h7-8H,4-6H2,1-3H3;1-5H/t8-;/m1./s1. The lowest BCUT2D eigenvalue weighted by Gasteiger charge is -2.19. The molecule has 1 nitrogen and oxygen atoms in total. The number of halogens is 1. The van der Waals surface area contributed by atoms with Crippen LogP contribution < -0.4 is 0 Å². The van der Waals surface area contributed by atoms with Crippen LogP contribution in [0.5, 0.6) is 0 Å². The van der Waals surface area contributed by atoms with Gasteiger partial charge in [0.2, 0.25) is 0 Å². The van der Waals surface area contributed by atoms with Crippen molar-refractivity contribution < 1.29 is 0 Å². The van der Waals surface area contributed by atoms with E-state index >= 15 is 0 Å². The number of hydrogen-bond donors (Lipinski definition) is 0. The van der Waals surface area contributed by atoms with Crippen molar-refractivity contribution in [2.75, 3.05) is 13.1 Å². The van der Waals surface area contributed by atoms with E-state index in [0.717, 1.165) is 16.4 Å². The van der Waals surface area contributed by atoms with Crippen molar-refractivity contribution in [3.63, 3.8) is 0 Å². The molecule has 0 radical (unpaired) electrons. The lowest BCUT2D eigenvalue weighted by Crippen LogP contribution is -2.27. The summed E-state index contributed by atoms with van der Waals surface area (Å²) >= 11 is 3.31. The number of nitrogens with zero attached hydrogens (tertiary/aromatic N) is 1. The van der Waals surface area contributed by atoms with Crippen molar-refractivity contribution in [3.05, 3.63) is 34.8 Å². The van der Waals surface area contributed by atoms with Crippen LogP contribution in [0, 0.1) is 5.92 Å². The fraction of sp³-hybridized carbons (Fsp3) is 0.571. The molecule has 1 atom stereocenters. The summed E-state index contributed by atoms with van der Waals surface area (Å²) in [5.41, 5.74) is 0. The first-order valence-electron chi connectivity index (χ1n) is 6.04. The summed E-state index contributed by atoms with van der Waals surface area (Å²) in [6, 6.07) is 10.7. The molecule has 0 saturated carbocycles. The van der Waals surface area contributed by atoms with Crippen LogP contribution >= 0.6 is 15.9 Å². The van der Waals surface area contributed by atoms with Gasteiger partial charge >= 0.3 is 0 Å². The normalized spacial score (nSPS) is 20.7. The van der Waals surface area contributed by atoms with Gasteiger partial charge < -0.3 is 4.90 Å². The molecule has 1 aromatic carbocycles. The second-order valence-electron chi connectivity index (χ2n) is 4.78. The number of hydrogen-bond acceptors (Lipinski definition) is 1. The highest BCUT2D eigenvalue weighted by atomic mass is 79.9. The molecule has 2 heteroatoms. The van der Waals surface area contributed by atoms with Crippen LogP contribution in [0.3, 0.4) is 0 Å². The van der Waals surface area contributed by atoms with E-state index in [-0.39, 0.29) is 0 Å². The van der Waals surface area contributed by atoms with E-state index in [1.807, 2.05) is 30.3 Å². The number of rotatable bonds is 1. The predicted molar refractivity (Wildman–Crippen MR) is 74.6 cm³/mol. The number of likely N-dealkylation sites (tertiary alicyclic amines) is 1. The maximum absolute atomic E-state index is 3.31. The van der Waals surface area contributed by atoms with E-state index in [4.69, 9.17) is 0 Å². The average molecular weight is 284 g/mol. The van der Waals surface area contributed by atoms with E-state index < -0.39 is 0 Å². The molecule has 1 fully saturated rings. The summed E-state index contributed by atoms with van der Waals surface area (Å²) in [7, 11) is 0. The predicted octanol–water partition coefficient (Wildman–Crippen LogP) is 4.19. The molecular weight excluding hydrogens is 262 g/mol. The lowest BCUT2D eigenvalue weighted by atomic mass is 10.2. The molecule has 1 heterocycles. The summed E-state index contributed by atoms with van der Waals surface area (Å²) in [5, 5.41) is 0. The average Bonchev–Trinajstić information content (AvgIpc) is 2.67. The van der Waals surface area contributed by atoms with Gasteiger partial charge in [-0.15, -0.1) is 0 Å². The van der Waals surface area contributed by atoms with Crippen molar-refractivity contribution in [3.8, 4) is 0 Å². The van der Waals surface area contributed by atoms with Crippen LogP contribution in [0.25, 0.3) is 0 Å². The Morgan fingerprint density at radius 2 is 1.88 bits per heavy atom. The van der Waals surface area contributed by atoms with Crippen molar-refractivity contribution in [2.24, 2.45) is 5.92 Å². The first-order valence-corrected chi connectivity index (χ1v) is 6.83. The zero-order valence-electron chi connectivity index (χ0n) is 10.5. The Morgan fingerprint density at radius 1 is 1.25 bits per heavy atom. The quantitative estimate of drug-likeness (QED) is 0.747. The SMILES string of the molecule is Brc1ccccc1.CC(C)N1CC[C@@H](C)C1. The van der Waals surface area contributed by atoms with E-state index in [1.54, 1.807) is 0 Å². The van der Waals surface area contributed by atoms with Gasteiger partial charge in [-0.05, 0) is 44.9 Å². The molecule has 0 unspecified atom stereocenters. The summed E-state index contributed by atoms with van der Waals surface area (Å²) in [6.45, 7) is 9.52. The van der Waals surface area contributed by atoms with Crippen LogP contribution in [-0.2, 0) is 0 Å². The number of benzene rings is 1. The van der Waals surface area contributed by atoms with Gasteiger partial charge in [0.05, 0.1) is 0 Å². The second kappa shape index (κ2) is 7.08. The molecule has 1 saturated heterocycles. The highest BCUT2D eigenvalue weighted by Gasteiger charge is 2.19. The Labute approximate surface area is 108 Å². The largest absolute Gasteiger partial charge is 0.301 e. The minimum Gasteiger partial charge on any atom is -0.301 e. The van der Waals surface area contributed by atoms with Gasteiger partial charge in [0.25, 0.3) is 0 Å². The fourth-order valence-corrected chi connectivity index (χ4v) is 2.16. The van der Waals surface area contributed by atoms with Crippen LogP contribution in [0.1, 0.15) is 27.2 Å². The summed E-state index contributed by atoms with van der Waals surface area (Å²) in [6.07, 6.45) is 1.40. The van der Waals surface area contributed by atoms with E-state index in [1.165, 1.54) is 19.5 Å². The van der Waals surface area contributed by atoms with Gasteiger partial charge in [-0.25, -0.2) is 0 Å². The molecule has 0 amide bonds. The first kappa shape index (κ1) is 13.7. The van der Waals surface area contributed by atoms with Gasteiger partial charge in [-0.1, -0.05) is 41.1 Å². The lowest BCUT2D eigenvalue weighted by molar-refractivity contribution is 0.267. The molecular formula is C14H22BrN. The van der Waals surface area contributed by atoms with Crippen molar-refractivity contribution in [2.45, 2.75) is 33.2 Å². The molecule has 0 aliphatic carbocycles. The third-order valence-corrected chi connectivity index (χ3v) is 3.45. The highest BCUT2D eigenvalue weighted by molar-refractivity contribution is 9.10. The van der Waals surface area contributed by atoms with Gasteiger partial charge in [0, 0.05) is 17.1 Å². The van der Waals surface area contributed by atoms with E-state index in [0.29, 0.717) is 0 Å². The Morgan fingerprint density at radius 3 is 2.12 bits per heavy atom. The fourth-order valence-electron chi connectivity index (χ4n) is 1.85. The Balaban J connectivity index is 0.000000165. The zero-order valence-corrected chi connectivity index (χ0v) is 12.1. The van der Waals surface area contributed by atoms with Gasteiger partial charge in [0.15, 0.2) is 0 Å². The molecule has 2 rings (SSSR count). The topological polar surface area (TPSA) is 3.24 Å². The monoisotopic (exact) mass is 283 g/mol. The van der Waals surface area contributed by atoms with E-state index in [9.17, 15) is 0 Å². The van der Waals surface area contributed by atoms with Crippen molar-refractivity contribution >= 4 is 15.9 Å². The maximum atomic E-state index is 3.31.